The number of carbonyl (C=O) groups is 1. The number of piperazine rings is 1. The third-order valence-electron chi connectivity index (χ3n) is 5.68. The molecule has 5 rings (SSSR count). The minimum atomic E-state index is 0.0135. The van der Waals surface area contributed by atoms with Crippen LogP contribution in [0, 0.1) is 0 Å². The summed E-state index contributed by atoms with van der Waals surface area (Å²) in [6, 6.07) is 19.2. The van der Waals surface area contributed by atoms with E-state index in [1.54, 1.807) is 7.11 Å². The number of fused-ring (bicyclic) bond motifs is 4. The summed E-state index contributed by atoms with van der Waals surface area (Å²) in [5, 5.41) is 0. The van der Waals surface area contributed by atoms with Gasteiger partial charge < -0.3 is 4.74 Å². The summed E-state index contributed by atoms with van der Waals surface area (Å²) >= 11 is 0. The summed E-state index contributed by atoms with van der Waals surface area (Å²) in [6.45, 7) is 3.57. The average molecular weight is 350 g/mol. The Bertz CT molecular complexity index is 744. The Labute approximate surface area is 155 Å². The number of nitrogens with zero attached hydrogens (tertiary/aromatic N) is 2. The molecule has 3 saturated heterocycles. The molecule has 3 fully saturated rings. The van der Waals surface area contributed by atoms with Gasteiger partial charge in [0.1, 0.15) is 5.75 Å². The lowest BCUT2D eigenvalue weighted by Crippen LogP contribution is -2.57. The predicted molar refractivity (Wildman–Crippen MR) is 102 cm³/mol. The lowest BCUT2D eigenvalue weighted by Gasteiger charge is -2.43. The average Bonchev–Trinajstić information content (AvgIpc) is 2.92. The van der Waals surface area contributed by atoms with Gasteiger partial charge in [0.05, 0.1) is 13.2 Å². The first kappa shape index (κ1) is 17.3. The van der Waals surface area contributed by atoms with Crippen molar-refractivity contribution in [3.8, 4) is 5.75 Å². The molecule has 3 aliphatic rings. The van der Waals surface area contributed by atoms with Crippen LogP contribution in [-0.4, -0.2) is 47.9 Å². The van der Waals surface area contributed by atoms with Crippen molar-refractivity contribution in [3.63, 3.8) is 0 Å². The molecule has 0 unspecified atom stereocenters. The van der Waals surface area contributed by atoms with Crippen LogP contribution in [0.25, 0.3) is 0 Å². The second kappa shape index (κ2) is 7.60. The molecular formula is C22H26N2O2. The SMILES string of the molecule is COc1ccc(CN2C[C@@H]3CCC(=O)[C@@H]2CN3Cc2ccccc2)cc1. The summed E-state index contributed by atoms with van der Waals surface area (Å²) in [7, 11) is 1.68. The van der Waals surface area contributed by atoms with Gasteiger partial charge in [0.25, 0.3) is 0 Å². The smallest absolute Gasteiger partial charge is 0.151 e. The maximum atomic E-state index is 12.7. The molecule has 0 saturated carbocycles. The van der Waals surface area contributed by atoms with Gasteiger partial charge in [-0.25, -0.2) is 0 Å². The third-order valence-corrected chi connectivity index (χ3v) is 5.68. The lowest BCUT2D eigenvalue weighted by atomic mass is 10.0. The second-order valence-electron chi connectivity index (χ2n) is 7.37. The highest BCUT2D eigenvalue weighted by Crippen LogP contribution is 2.28. The number of Topliss-reactive ketones (excluding diaryl/α,β-unsaturated/α-hetero) is 1. The first-order valence-electron chi connectivity index (χ1n) is 9.40. The summed E-state index contributed by atoms with van der Waals surface area (Å²) in [5.41, 5.74) is 2.56. The van der Waals surface area contributed by atoms with Crippen molar-refractivity contribution in [3.05, 3.63) is 65.7 Å². The van der Waals surface area contributed by atoms with Gasteiger partial charge in [0, 0.05) is 38.6 Å². The van der Waals surface area contributed by atoms with Crippen LogP contribution in [0.2, 0.25) is 0 Å². The van der Waals surface area contributed by atoms with Crippen LogP contribution in [0.5, 0.6) is 5.75 Å². The quantitative estimate of drug-likeness (QED) is 0.829. The Morgan fingerprint density at radius 1 is 0.923 bits per heavy atom. The molecule has 0 spiro atoms. The number of carbonyl (C=O) groups excluding carboxylic acids is 1. The molecule has 2 bridgehead atoms. The highest BCUT2D eigenvalue weighted by Gasteiger charge is 2.40. The van der Waals surface area contributed by atoms with Crippen molar-refractivity contribution in [2.45, 2.75) is 38.0 Å². The number of ether oxygens (including phenoxy) is 1. The predicted octanol–water partition coefficient (Wildman–Crippen LogP) is 3.11. The van der Waals surface area contributed by atoms with E-state index in [-0.39, 0.29) is 6.04 Å². The number of hydrogen-bond donors (Lipinski definition) is 0. The number of rotatable bonds is 5. The molecular weight excluding hydrogens is 324 g/mol. The molecule has 0 radical (unpaired) electrons. The Morgan fingerprint density at radius 3 is 2.35 bits per heavy atom. The molecule has 3 aliphatic heterocycles. The molecule has 3 heterocycles. The standard InChI is InChI=1S/C22H26N2O2/c1-26-20-10-7-18(8-11-20)14-24-15-19-9-12-22(25)21(24)16-23(19)13-17-5-3-2-4-6-17/h2-8,10-11,19,21H,9,12-16H2,1H3/t19-,21-/m0/s1. The van der Waals surface area contributed by atoms with Gasteiger partial charge in [-0.1, -0.05) is 42.5 Å². The summed E-state index contributed by atoms with van der Waals surface area (Å²) in [5.74, 6) is 1.27. The van der Waals surface area contributed by atoms with Gasteiger partial charge in [0.2, 0.25) is 0 Å². The summed E-state index contributed by atoms with van der Waals surface area (Å²) < 4.78 is 5.24. The lowest BCUT2D eigenvalue weighted by molar-refractivity contribution is -0.125. The highest BCUT2D eigenvalue weighted by molar-refractivity contribution is 5.85. The Morgan fingerprint density at radius 2 is 1.62 bits per heavy atom. The van der Waals surface area contributed by atoms with E-state index < -0.39 is 0 Å². The molecule has 2 aromatic rings. The van der Waals surface area contributed by atoms with E-state index in [0.717, 1.165) is 38.3 Å². The monoisotopic (exact) mass is 350 g/mol. The molecule has 0 aliphatic carbocycles. The number of methoxy groups -OCH3 is 1. The zero-order valence-corrected chi connectivity index (χ0v) is 15.3. The molecule has 2 atom stereocenters. The van der Waals surface area contributed by atoms with E-state index in [1.807, 2.05) is 12.1 Å². The largest absolute Gasteiger partial charge is 0.497 e. The van der Waals surface area contributed by atoms with Crippen LogP contribution in [0.4, 0.5) is 0 Å². The maximum Gasteiger partial charge on any atom is 0.151 e. The van der Waals surface area contributed by atoms with Crippen molar-refractivity contribution >= 4 is 5.78 Å². The zero-order valence-electron chi connectivity index (χ0n) is 15.3. The first-order valence-corrected chi connectivity index (χ1v) is 9.40. The van der Waals surface area contributed by atoms with Crippen molar-refractivity contribution in [1.29, 1.82) is 0 Å². The minimum absolute atomic E-state index is 0.0135. The summed E-state index contributed by atoms with van der Waals surface area (Å²) in [6.07, 6.45) is 1.68. The molecule has 26 heavy (non-hydrogen) atoms. The van der Waals surface area contributed by atoms with Crippen LogP contribution >= 0.6 is 0 Å². The van der Waals surface area contributed by atoms with E-state index in [9.17, 15) is 4.79 Å². The van der Waals surface area contributed by atoms with Crippen LogP contribution in [-0.2, 0) is 17.9 Å². The van der Waals surface area contributed by atoms with E-state index in [4.69, 9.17) is 4.74 Å². The molecule has 2 aromatic carbocycles. The van der Waals surface area contributed by atoms with Crippen LogP contribution < -0.4 is 4.74 Å². The van der Waals surface area contributed by atoms with E-state index in [1.165, 1.54) is 11.1 Å². The summed E-state index contributed by atoms with van der Waals surface area (Å²) in [4.78, 5) is 17.6. The normalized spacial score (nSPS) is 23.8. The molecule has 4 heteroatoms. The molecule has 0 aromatic heterocycles. The van der Waals surface area contributed by atoms with Gasteiger partial charge >= 0.3 is 0 Å². The highest BCUT2D eigenvalue weighted by atomic mass is 16.5. The fraction of sp³-hybridized carbons (Fsp3) is 0.409. The first-order chi connectivity index (χ1) is 12.7. The Balaban J connectivity index is 1.48. The molecule has 136 valence electrons. The topological polar surface area (TPSA) is 32.8 Å². The Hall–Kier alpha value is -2.17. The van der Waals surface area contributed by atoms with E-state index >= 15 is 0 Å². The van der Waals surface area contributed by atoms with Crippen molar-refractivity contribution in [1.82, 2.24) is 9.80 Å². The number of ketones is 1. The van der Waals surface area contributed by atoms with Gasteiger partial charge in [-0.2, -0.15) is 0 Å². The van der Waals surface area contributed by atoms with Crippen LogP contribution in [0.1, 0.15) is 24.0 Å². The maximum absolute atomic E-state index is 12.7. The van der Waals surface area contributed by atoms with Crippen LogP contribution in [0.15, 0.2) is 54.6 Å². The molecule has 0 N–H and O–H groups in total. The van der Waals surface area contributed by atoms with Crippen molar-refractivity contribution in [2.24, 2.45) is 0 Å². The third kappa shape index (κ3) is 3.67. The van der Waals surface area contributed by atoms with E-state index in [2.05, 4.69) is 52.3 Å². The van der Waals surface area contributed by atoms with Gasteiger partial charge in [-0.05, 0) is 29.7 Å². The minimum Gasteiger partial charge on any atom is -0.497 e. The molecule has 0 amide bonds. The second-order valence-corrected chi connectivity index (χ2v) is 7.37. The van der Waals surface area contributed by atoms with Gasteiger partial charge in [-0.15, -0.1) is 0 Å². The Kier molecular flexibility index (Phi) is 5.05. The molecule has 4 nitrogen and oxygen atoms in total. The van der Waals surface area contributed by atoms with E-state index in [0.29, 0.717) is 18.2 Å². The fourth-order valence-corrected chi connectivity index (χ4v) is 4.21. The zero-order chi connectivity index (χ0) is 17.9. The van der Waals surface area contributed by atoms with Crippen LogP contribution in [0.3, 0.4) is 0 Å². The van der Waals surface area contributed by atoms with Crippen molar-refractivity contribution < 1.29 is 9.53 Å². The number of benzene rings is 2. The van der Waals surface area contributed by atoms with Crippen molar-refractivity contribution in [2.75, 3.05) is 20.2 Å². The van der Waals surface area contributed by atoms with Gasteiger partial charge in [0.15, 0.2) is 5.78 Å². The van der Waals surface area contributed by atoms with Gasteiger partial charge in [-0.3, -0.25) is 14.6 Å². The fourth-order valence-electron chi connectivity index (χ4n) is 4.21. The number of hydrogen-bond acceptors (Lipinski definition) is 4.